The summed E-state index contributed by atoms with van der Waals surface area (Å²) in [6, 6.07) is 6.47. The summed E-state index contributed by atoms with van der Waals surface area (Å²) in [5, 5.41) is 0.247. The van der Waals surface area contributed by atoms with Gasteiger partial charge in [0.1, 0.15) is 4.90 Å². The third-order valence-corrected chi connectivity index (χ3v) is 5.33. The minimum atomic E-state index is -3.54. The lowest BCUT2D eigenvalue weighted by molar-refractivity contribution is 0.0979. The largest absolute Gasteiger partial charge is 0.377 e. The van der Waals surface area contributed by atoms with E-state index in [-0.39, 0.29) is 16.0 Å². The van der Waals surface area contributed by atoms with Gasteiger partial charge in [0.05, 0.1) is 11.1 Å². The number of sulfonamides is 1. The van der Waals surface area contributed by atoms with Crippen LogP contribution >= 0.6 is 11.6 Å². The zero-order valence-corrected chi connectivity index (χ0v) is 11.7. The van der Waals surface area contributed by atoms with Crippen LogP contribution in [0.4, 0.5) is 0 Å². The number of hydrogen-bond acceptors (Lipinski definition) is 3. The molecule has 0 aromatic heterocycles. The van der Waals surface area contributed by atoms with Crippen LogP contribution in [-0.4, -0.2) is 39.0 Å². The summed E-state index contributed by atoms with van der Waals surface area (Å²) in [5.74, 6) is 0. The molecule has 18 heavy (non-hydrogen) atoms. The molecule has 1 aliphatic heterocycles. The number of nitrogens with zero attached hydrogens (tertiary/aromatic N) is 1. The molecular weight excluding hydrogens is 274 g/mol. The van der Waals surface area contributed by atoms with Crippen molar-refractivity contribution in [1.29, 1.82) is 0 Å². The van der Waals surface area contributed by atoms with Crippen LogP contribution in [0.5, 0.6) is 0 Å². The third kappa shape index (κ3) is 2.85. The Kier molecular flexibility index (Phi) is 4.27. The first-order chi connectivity index (χ1) is 8.51. The second-order valence-corrected chi connectivity index (χ2v) is 6.77. The second-order valence-electron chi connectivity index (χ2n) is 4.35. The van der Waals surface area contributed by atoms with E-state index in [0.29, 0.717) is 13.2 Å². The molecule has 0 spiro atoms. The smallest absolute Gasteiger partial charge is 0.244 e. The molecule has 1 unspecified atom stereocenters. The normalized spacial score (nSPS) is 20.5. The summed E-state index contributed by atoms with van der Waals surface area (Å²) in [6.45, 7) is 1.08. The van der Waals surface area contributed by atoms with Crippen LogP contribution in [0.2, 0.25) is 5.02 Å². The predicted molar refractivity (Wildman–Crippen MR) is 70.2 cm³/mol. The van der Waals surface area contributed by atoms with Gasteiger partial charge in [0.25, 0.3) is 0 Å². The van der Waals surface area contributed by atoms with Gasteiger partial charge in [-0.25, -0.2) is 8.42 Å². The molecule has 1 atom stereocenters. The lowest BCUT2D eigenvalue weighted by Crippen LogP contribution is -2.34. The van der Waals surface area contributed by atoms with Crippen molar-refractivity contribution < 1.29 is 13.2 Å². The van der Waals surface area contributed by atoms with Crippen LogP contribution in [0.15, 0.2) is 29.2 Å². The van der Waals surface area contributed by atoms with Crippen molar-refractivity contribution in [3.05, 3.63) is 29.3 Å². The first kappa shape index (κ1) is 13.8. The lowest BCUT2D eigenvalue weighted by atomic mass is 10.2. The van der Waals surface area contributed by atoms with Crippen LogP contribution in [0, 0.1) is 0 Å². The minimum absolute atomic E-state index is 0.00716. The summed E-state index contributed by atoms with van der Waals surface area (Å²) in [5.41, 5.74) is 0. The van der Waals surface area contributed by atoms with Gasteiger partial charge < -0.3 is 4.74 Å². The van der Waals surface area contributed by atoms with Gasteiger partial charge in [-0.05, 0) is 25.0 Å². The molecule has 0 bridgehead atoms. The number of likely N-dealkylation sites (N-methyl/N-ethyl adjacent to an activating group) is 1. The van der Waals surface area contributed by atoms with Crippen molar-refractivity contribution in [1.82, 2.24) is 4.31 Å². The summed E-state index contributed by atoms with van der Waals surface area (Å²) in [7, 11) is -1.98. The molecule has 1 aromatic rings. The first-order valence-corrected chi connectivity index (χ1v) is 7.66. The highest BCUT2D eigenvalue weighted by molar-refractivity contribution is 7.89. The zero-order valence-electron chi connectivity index (χ0n) is 10.2. The Labute approximate surface area is 113 Å². The number of ether oxygens (including phenoxy) is 1. The van der Waals surface area contributed by atoms with Crippen molar-refractivity contribution in [3.8, 4) is 0 Å². The monoisotopic (exact) mass is 289 g/mol. The highest BCUT2D eigenvalue weighted by Crippen LogP contribution is 2.24. The average molecular weight is 290 g/mol. The summed E-state index contributed by atoms with van der Waals surface area (Å²) >= 11 is 5.93. The molecule has 0 N–H and O–H groups in total. The number of hydrogen-bond donors (Lipinski definition) is 0. The van der Waals surface area contributed by atoms with E-state index < -0.39 is 10.0 Å². The Balaban J connectivity index is 2.17. The third-order valence-electron chi connectivity index (χ3n) is 3.01. The van der Waals surface area contributed by atoms with Gasteiger partial charge in [-0.1, -0.05) is 23.7 Å². The van der Waals surface area contributed by atoms with Crippen LogP contribution in [-0.2, 0) is 14.8 Å². The van der Waals surface area contributed by atoms with E-state index in [1.807, 2.05) is 0 Å². The minimum Gasteiger partial charge on any atom is -0.377 e. The lowest BCUT2D eigenvalue weighted by Gasteiger charge is -2.21. The zero-order chi connectivity index (χ0) is 13.2. The summed E-state index contributed by atoms with van der Waals surface area (Å²) in [4.78, 5) is 0.146. The van der Waals surface area contributed by atoms with Gasteiger partial charge in [-0.2, -0.15) is 4.31 Å². The van der Waals surface area contributed by atoms with Gasteiger partial charge >= 0.3 is 0 Å². The van der Waals surface area contributed by atoms with Crippen molar-refractivity contribution in [2.45, 2.75) is 23.8 Å². The molecule has 2 rings (SSSR count). The quantitative estimate of drug-likeness (QED) is 0.853. The maximum absolute atomic E-state index is 12.3. The molecule has 1 saturated heterocycles. The topological polar surface area (TPSA) is 46.6 Å². The van der Waals surface area contributed by atoms with Gasteiger partial charge in [-0.15, -0.1) is 0 Å². The van der Waals surface area contributed by atoms with Gasteiger partial charge in [0.2, 0.25) is 10.0 Å². The van der Waals surface area contributed by atoms with E-state index >= 15 is 0 Å². The highest BCUT2D eigenvalue weighted by Gasteiger charge is 2.27. The Bertz CT molecular complexity index is 512. The molecule has 100 valence electrons. The van der Waals surface area contributed by atoms with E-state index in [0.717, 1.165) is 12.8 Å². The average Bonchev–Trinajstić information content (AvgIpc) is 2.82. The van der Waals surface area contributed by atoms with E-state index in [4.69, 9.17) is 16.3 Å². The van der Waals surface area contributed by atoms with Crippen molar-refractivity contribution >= 4 is 21.6 Å². The molecule has 0 saturated carbocycles. The molecule has 1 aromatic carbocycles. The van der Waals surface area contributed by atoms with E-state index in [2.05, 4.69) is 0 Å². The van der Waals surface area contributed by atoms with E-state index in [1.165, 1.54) is 10.4 Å². The number of rotatable bonds is 4. The standard InChI is InChI=1S/C12H16ClNO3S/c1-14(9-10-5-4-8-17-10)18(15,16)12-7-3-2-6-11(12)13/h2-3,6-7,10H,4-5,8-9H2,1H3. The molecule has 1 aliphatic rings. The molecule has 0 radical (unpaired) electrons. The van der Waals surface area contributed by atoms with Gasteiger partial charge in [0.15, 0.2) is 0 Å². The fourth-order valence-electron chi connectivity index (χ4n) is 2.00. The molecule has 0 aliphatic carbocycles. The summed E-state index contributed by atoms with van der Waals surface area (Å²) in [6.07, 6.45) is 1.89. The molecule has 0 amide bonds. The predicted octanol–water partition coefficient (Wildman–Crippen LogP) is 2.14. The molecule has 4 nitrogen and oxygen atoms in total. The Morgan fingerprint density at radius 2 is 2.17 bits per heavy atom. The fraction of sp³-hybridized carbons (Fsp3) is 0.500. The second kappa shape index (κ2) is 5.57. The van der Waals surface area contributed by atoms with Crippen molar-refractivity contribution in [2.24, 2.45) is 0 Å². The highest BCUT2D eigenvalue weighted by atomic mass is 35.5. The number of halogens is 1. The fourth-order valence-corrected chi connectivity index (χ4v) is 3.69. The van der Waals surface area contributed by atoms with Crippen molar-refractivity contribution in [3.63, 3.8) is 0 Å². The Morgan fingerprint density at radius 3 is 2.78 bits per heavy atom. The van der Waals surface area contributed by atoms with Crippen LogP contribution in [0.3, 0.4) is 0 Å². The molecule has 1 fully saturated rings. The van der Waals surface area contributed by atoms with Crippen LogP contribution < -0.4 is 0 Å². The van der Waals surface area contributed by atoms with Crippen molar-refractivity contribution in [2.75, 3.05) is 20.2 Å². The maximum Gasteiger partial charge on any atom is 0.244 e. The van der Waals surface area contributed by atoms with E-state index in [9.17, 15) is 8.42 Å². The van der Waals surface area contributed by atoms with Crippen LogP contribution in [0.1, 0.15) is 12.8 Å². The van der Waals surface area contributed by atoms with Crippen LogP contribution in [0.25, 0.3) is 0 Å². The SMILES string of the molecule is CN(CC1CCCO1)S(=O)(=O)c1ccccc1Cl. The first-order valence-electron chi connectivity index (χ1n) is 5.84. The maximum atomic E-state index is 12.3. The van der Waals surface area contributed by atoms with Gasteiger partial charge in [0, 0.05) is 20.2 Å². The molecular formula is C12H16ClNO3S. The Morgan fingerprint density at radius 1 is 1.44 bits per heavy atom. The molecule has 1 heterocycles. The Hall–Kier alpha value is -0.620. The molecule has 6 heteroatoms. The van der Waals surface area contributed by atoms with E-state index in [1.54, 1.807) is 25.2 Å². The summed E-state index contributed by atoms with van der Waals surface area (Å²) < 4.78 is 31.4. The van der Waals surface area contributed by atoms with Gasteiger partial charge in [-0.3, -0.25) is 0 Å². The number of benzene rings is 1.